The second-order valence-electron chi connectivity index (χ2n) is 9.46. The number of amides is 1. The van der Waals surface area contributed by atoms with Crippen LogP contribution < -0.4 is 14.4 Å². The normalized spacial score (nSPS) is 15.0. The van der Waals surface area contributed by atoms with Crippen LogP contribution in [0.25, 0.3) is 5.95 Å². The van der Waals surface area contributed by atoms with Crippen molar-refractivity contribution in [2.75, 3.05) is 19.1 Å². The average Bonchev–Trinajstić information content (AvgIpc) is 3.23. The molecule has 37 heavy (non-hydrogen) atoms. The lowest BCUT2D eigenvalue weighted by molar-refractivity contribution is -0.119. The zero-order chi connectivity index (χ0) is 26.3. The van der Waals surface area contributed by atoms with Crippen LogP contribution >= 0.6 is 0 Å². The van der Waals surface area contributed by atoms with Gasteiger partial charge in [-0.3, -0.25) is 9.69 Å². The predicted octanol–water partition coefficient (Wildman–Crippen LogP) is 4.98. The summed E-state index contributed by atoms with van der Waals surface area (Å²) in [4.78, 5) is 25.1. The zero-order valence-corrected chi connectivity index (χ0v) is 22.1. The lowest BCUT2D eigenvalue weighted by Crippen LogP contribution is -2.38. The highest BCUT2D eigenvalue weighted by molar-refractivity contribution is 5.97. The van der Waals surface area contributed by atoms with E-state index in [1.807, 2.05) is 62.1 Å². The molecule has 0 bridgehead atoms. The number of fused-ring (bicyclic) bond motifs is 1. The molecule has 0 unspecified atom stereocenters. The molecule has 190 valence electrons. The average molecular weight is 498 g/mol. The fourth-order valence-corrected chi connectivity index (χ4v) is 5.13. The van der Waals surface area contributed by atoms with Crippen LogP contribution in [-0.4, -0.2) is 39.9 Å². The molecule has 0 saturated heterocycles. The molecular weight excluding hydrogens is 466 g/mol. The van der Waals surface area contributed by atoms with Crippen LogP contribution in [0.3, 0.4) is 0 Å². The van der Waals surface area contributed by atoms with Crippen molar-refractivity contribution < 1.29 is 14.3 Å². The number of hydrogen-bond acceptors (Lipinski definition) is 6. The molecule has 8 heteroatoms. The number of benzene rings is 2. The van der Waals surface area contributed by atoms with Gasteiger partial charge in [-0.15, -0.1) is 0 Å². The van der Waals surface area contributed by atoms with Gasteiger partial charge < -0.3 is 9.47 Å². The molecule has 0 fully saturated rings. The van der Waals surface area contributed by atoms with E-state index in [9.17, 15) is 4.79 Å². The predicted molar refractivity (Wildman–Crippen MR) is 142 cm³/mol. The molecule has 3 heterocycles. The molecule has 0 N–H and O–H groups in total. The largest absolute Gasteiger partial charge is 0.497 e. The van der Waals surface area contributed by atoms with Gasteiger partial charge in [-0.1, -0.05) is 30.3 Å². The summed E-state index contributed by atoms with van der Waals surface area (Å²) >= 11 is 0. The van der Waals surface area contributed by atoms with Crippen LogP contribution in [0.4, 0.5) is 5.82 Å². The Morgan fingerprint density at radius 3 is 2.35 bits per heavy atom. The molecule has 1 aliphatic heterocycles. The van der Waals surface area contributed by atoms with Crippen LogP contribution in [0.15, 0.2) is 48.5 Å². The van der Waals surface area contributed by atoms with E-state index in [0.29, 0.717) is 36.2 Å². The van der Waals surface area contributed by atoms with Gasteiger partial charge in [-0.25, -0.2) is 9.97 Å². The molecule has 0 spiro atoms. The van der Waals surface area contributed by atoms with Crippen LogP contribution in [0.2, 0.25) is 0 Å². The van der Waals surface area contributed by atoms with E-state index in [0.717, 1.165) is 39.3 Å². The summed E-state index contributed by atoms with van der Waals surface area (Å²) < 4.78 is 12.9. The number of aromatic nitrogens is 4. The maximum absolute atomic E-state index is 13.9. The van der Waals surface area contributed by atoms with Gasteiger partial charge in [0.25, 0.3) is 5.95 Å². The minimum absolute atomic E-state index is 0.00384. The van der Waals surface area contributed by atoms with Gasteiger partial charge in [0.2, 0.25) is 5.91 Å². The summed E-state index contributed by atoms with van der Waals surface area (Å²) in [6.45, 7) is 8.33. The summed E-state index contributed by atoms with van der Waals surface area (Å²) in [7, 11) is 3.26. The molecule has 1 atom stereocenters. The Morgan fingerprint density at radius 1 is 0.946 bits per heavy atom. The summed E-state index contributed by atoms with van der Waals surface area (Å²) in [5.41, 5.74) is 6.59. The summed E-state index contributed by atoms with van der Waals surface area (Å²) in [6.07, 6.45) is 0.293. The second-order valence-corrected chi connectivity index (χ2v) is 9.46. The van der Waals surface area contributed by atoms with Crippen molar-refractivity contribution >= 4 is 11.7 Å². The van der Waals surface area contributed by atoms with E-state index in [-0.39, 0.29) is 11.8 Å². The lowest BCUT2D eigenvalue weighted by atomic mass is 9.84. The van der Waals surface area contributed by atoms with Gasteiger partial charge in [0.15, 0.2) is 0 Å². The Kier molecular flexibility index (Phi) is 6.41. The van der Waals surface area contributed by atoms with Crippen molar-refractivity contribution in [2.45, 2.75) is 46.6 Å². The number of carbonyl (C=O) groups is 1. The van der Waals surface area contributed by atoms with Crippen LogP contribution in [0, 0.1) is 27.7 Å². The Labute approximate surface area is 216 Å². The van der Waals surface area contributed by atoms with Crippen molar-refractivity contribution in [2.24, 2.45) is 0 Å². The van der Waals surface area contributed by atoms with Gasteiger partial charge in [-0.2, -0.15) is 9.78 Å². The van der Waals surface area contributed by atoms with Crippen molar-refractivity contribution in [3.05, 3.63) is 87.9 Å². The Balaban J connectivity index is 1.73. The van der Waals surface area contributed by atoms with E-state index in [4.69, 9.17) is 14.6 Å². The third-order valence-corrected chi connectivity index (χ3v) is 6.93. The van der Waals surface area contributed by atoms with Gasteiger partial charge >= 0.3 is 0 Å². The number of ether oxygens (including phenoxy) is 2. The van der Waals surface area contributed by atoms with Gasteiger partial charge in [0.05, 0.1) is 26.5 Å². The first kappa shape index (κ1) is 24.5. The number of carbonyl (C=O) groups excluding carboxylic acids is 1. The molecule has 5 rings (SSSR count). The fourth-order valence-electron chi connectivity index (χ4n) is 5.13. The van der Waals surface area contributed by atoms with Crippen molar-refractivity contribution in [1.29, 1.82) is 0 Å². The Hall–Kier alpha value is -4.20. The Bertz CT molecular complexity index is 1470. The number of nitrogens with zero attached hydrogens (tertiary/aromatic N) is 5. The third-order valence-electron chi connectivity index (χ3n) is 6.93. The molecule has 1 amide bonds. The maximum Gasteiger partial charge on any atom is 0.252 e. The fraction of sp³-hybridized carbons (Fsp3) is 0.310. The van der Waals surface area contributed by atoms with E-state index in [2.05, 4.69) is 29.0 Å². The van der Waals surface area contributed by atoms with Crippen molar-refractivity contribution in [3.63, 3.8) is 0 Å². The lowest BCUT2D eigenvalue weighted by Gasteiger charge is -2.33. The minimum Gasteiger partial charge on any atom is -0.497 e. The second kappa shape index (κ2) is 9.69. The number of anilines is 1. The Morgan fingerprint density at radius 2 is 1.68 bits per heavy atom. The zero-order valence-electron chi connectivity index (χ0n) is 22.1. The smallest absolute Gasteiger partial charge is 0.252 e. The molecule has 0 saturated carbocycles. The minimum atomic E-state index is -0.240. The van der Waals surface area contributed by atoms with E-state index < -0.39 is 0 Å². The number of methoxy groups -OCH3 is 2. The van der Waals surface area contributed by atoms with E-state index in [1.165, 1.54) is 0 Å². The first-order valence-corrected chi connectivity index (χ1v) is 12.3. The van der Waals surface area contributed by atoms with Crippen LogP contribution in [-0.2, 0) is 11.3 Å². The van der Waals surface area contributed by atoms with Gasteiger partial charge in [-0.05, 0) is 51.0 Å². The first-order chi connectivity index (χ1) is 17.8. The van der Waals surface area contributed by atoms with Crippen molar-refractivity contribution in [3.8, 4) is 17.4 Å². The highest BCUT2D eigenvalue weighted by Gasteiger charge is 2.39. The summed E-state index contributed by atoms with van der Waals surface area (Å²) in [6, 6.07) is 15.8. The quantitative estimate of drug-likeness (QED) is 0.374. The first-order valence-electron chi connectivity index (χ1n) is 12.3. The van der Waals surface area contributed by atoms with Gasteiger partial charge in [0, 0.05) is 40.9 Å². The molecular formula is C29H31N5O3. The van der Waals surface area contributed by atoms with Crippen LogP contribution in [0.5, 0.6) is 11.5 Å². The highest BCUT2D eigenvalue weighted by Crippen LogP contribution is 2.46. The number of rotatable bonds is 6. The molecule has 2 aromatic carbocycles. The topological polar surface area (TPSA) is 82.4 Å². The number of aryl methyl sites for hydroxylation is 4. The number of hydrogen-bond donors (Lipinski definition) is 0. The SMILES string of the molecule is COc1ccc([C@@H]2CC(=O)N(Cc3ccccc3C)c3c2c(C)nn3-c2nc(C)cc(C)n2)c(OC)c1. The standard InChI is InChI=1S/C29H31N5O3/c1-17-9-7-8-10-21(17)16-33-26(35)15-24(23-12-11-22(36-5)14-25(23)37-6)27-20(4)32-34(28(27)33)29-30-18(2)13-19(3)31-29/h7-14,24H,15-16H2,1-6H3/t24-/m0/s1. The monoisotopic (exact) mass is 497 g/mol. The van der Waals surface area contributed by atoms with Gasteiger partial charge in [0.1, 0.15) is 17.3 Å². The van der Waals surface area contributed by atoms with E-state index in [1.54, 1.807) is 18.9 Å². The highest BCUT2D eigenvalue weighted by atomic mass is 16.5. The summed E-state index contributed by atoms with van der Waals surface area (Å²) in [5.74, 6) is 2.28. The van der Waals surface area contributed by atoms with E-state index >= 15 is 0 Å². The molecule has 4 aromatic rings. The van der Waals surface area contributed by atoms with Crippen molar-refractivity contribution in [1.82, 2.24) is 19.7 Å². The summed E-state index contributed by atoms with van der Waals surface area (Å²) in [5, 5.41) is 4.89. The molecule has 0 aliphatic carbocycles. The molecule has 0 radical (unpaired) electrons. The van der Waals surface area contributed by atoms with Crippen LogP contribution in [0.1, 0.15) is 51.7 Å². The molecule has 1 aliphatic rings. The third kappa shape index (κ3) is 4.43. The molecule has 2 aromatic heterocycles. The molecule has 8 nitrogen and oxygen atoms in total. The maximum atomic E-state index is 13.9.